The fraction of sp³-hybridized carbons (Fsp3) is 0.360. The highest BCUT2D eigenvalue weighted by atomic mass is 32.1. The van der Waals surface area contributed by atoms with Gasteiger partial charge in [0.2, 0.25) is 0 Å². The number of aromatic nitrogens is 1. The van der Waals surface area contributed by atoms with Crippen LogP contribution in [-0.2, 0) is 16.1 Å². The van der Waals surface area contributed by atoms with E-state index in [1.54, 1.807) is 0 Å². The number of ether oxygens (including phenoxy) is 1. The average Bonchev–Trinajstić information content (AvgIpc) is 3.26. The average molecular weight is 452 g/mol. The number of nitrogens with zero attached hydrogens (tertiary/aromatic N) is 2. The molecule has 2 heterocycles. The molecule has 1 aromatic heterocycles. The molecule has 0 bridgehead atoms. The first kappa shape index (κ1) is 22.6. The van der Waals surface area contributed by atoms with Crippen LogP contribution in [0.4, 0.5) is 5.13 Å². The van der Waals surface area contributed by atoms with E-state index in [2.05, 4.69) is 63.7 Å². The molecule has 168 valence electrons. The Morgan fingerprint density at radius 1 is 1.12 bits per heavy atom. The van der Waals surface area contributed by atoms with Gasteiger partial charge in [-0.1, -0.05) is 60.7 Å². The van der Waals surface area contributed by atoms with E-state index < -0.39 is 12.0 Å². The number of thiazole rings is 1. The maximum absolute atomic E-state index is 11.6. The van der Waals surface area contributed by atoms with E-state index in [1.807, 2.05) is 17.5 Å². The fourth-order valence-electron chi connectivity index (χ4n) is 3.88. The van der Waals surface area contributed by atoms with Crippen molar-refractivity contribution < 1.29 is 14.6 Å². The number of hydrogen-bond acceptors (Lipinski definition) is 6. The van der Waals surface area contributed by atoms with E-state index in [0.717, 1.165) is 38.2 Å². The maximum atomic E-state index is 11.6. The zero-order chi connectivity index (χ0) is 22.3. The molecule has 0 aliphatic carbocycles. The van der Waals surface area contributed by atoms with Gasteiger partial charge in [0.15, 0.2) is 5.13 Å². The molecule has 32 heavy (non-hydrogen) atoms. The van der Waals surface area contributed by atoms with Gasteiger partial charge in [0.25, 0.3) is 5.91 Å². The van der Waals surface area contributed by atoms with Crippen LogP contribution in [0.5, 0.6) is 0 Å². The van der Waals surface area contributed by atoms with Crippen LogP contribution in [0.15, 0.2) is 66.0 Å². The maximum Gasteiger partial charge on any atom is 0.254 e. The van der Waals surface area contributed by atoms with Crippen LogP contribution in [0.2, 0.25) is 0 Å². The van der Waals surface area contributed by atoms with Gasteiger partial charge in [-0.15, -0.1) is 11.3 Å². The highest BCUT2D eigenvalue weighted by molar-refractivity contribution is 7.13. The summed E-state index contributed by atoms with van der Waals surface area (Å²) < 4.78 is 6.62. The van der Waals surface area contributed by atoms with Crippen molar-refractivity contribution in [1.29, 1.82) is 0 Å². The number of benzene rings is 2. The Bertz CT molecular complexity index is 946. The summed E-state index contributed by atoms with van der Waals surface area (Å²) in [5.41, 5.74) is 3.28. The monoisotopic (exact) mass is 451 g/mol. The van der Waals surface area contributed by atoms with Gasteiger partial charge in [-0.05, 0) is 30.9 Å². The predicted octanol–water partition coefficient (Wildman–Crippen LogP) is 4.23. The Kier molecular flexibility index (Phi) is 7.65. The lowest BCUT2D eigenvalue weighted by molar-refractivity contribution is -0.123. The molecule has 0 saturated carbocycles. The number of nitrogens with one attached hydrogen (secondary N) is 1. The van der Waals surface area contributed by atoms with E-state index in [1.165, 1.54) is 29.4 Å². The smallest absolute Gasteiger partial charge is 0.254 e. The van der Waals surface area contributed by atoms with E-state index >= 15 is 0 Å². The molecule has 0 spiro atoms. The van der Waals surface area contributed by atoms with Crippen LogP contribution >= 0.6 is 11.3 Å². The third-order valence-electron chi connectivity index (χ3n) is 5.61. The summed E-state index contributed by atoms with van der Waals surface area (Å²) in [5, 5.41) is 14.5. The molecule has 3 aromatic rings. The predicted molar refractivity (Wildman–Crippen MR) is 127 cm³/mol. The summed E-state index contributed by atoms with van der Waals surface area (Å²) in [7, 11) is 0. The van der Waals surface area contributed by atoms with Crippen molar-refractivity contribution in [2.75, 3.05) is 18.4 Å². The zero-order valence-corrected chi connectivity index (χ0v) is 19.0. The third kappa shape index (κ3) is 6.01. The molecule has 2 N–H and O–H groups in total. The van der Waals surface area contributed by atoms with Crippen LogP contribution in [-0.4, -0.2) is 46.2 Å². The molecule has 4 rings (SSSR count). The van der Waals surface area contributed by atoms with Crippen molar-refractivity contribution in [3.63, 3.8) is 0 Å². The topological polar surface area (TPSA) is 74.7 Å². The van der Waals surface area contributed by atoms with Gasteiger partial charge in [-0.3, -0.25) is 15.0 Å². The molecule has 1 unspecified atom stereocenters. The summed E-state index contributed by atoms with van der Waals surface area (Å²) in [4.78, 5) is 18.5. The second-order valence-electron chi connectivity index (χ2n) is 8.12. The first-order valence-electron chi connectivity index (χ1n) is 11.0. The molecular weight excluding hydrogens is 422 g/mol. The number of aliphatic hydroxyl groups excluding tert-OH is 1. The van der Waals surface area contributed by atoms with Crippen molar-refractivity contribution in [2.24, 2.45) is 0 Å². The highest BCUT2D eigenvalue weighted by Gasteiger charge is 2.25. The van der Waals surface area contributed by atoms with Crippen LogP contribution < -0.4 is 5.32 Å². The molecule has 6 nitrogen and oxygen atoms in total. The molecule has 1 atom stereocenters. The number of carbonyl (C=O) groups is 1. The van der Waals surface area contributed by atoms with Crippen LogP contribution in [0.3, 0.4) is 0 Å². The molecule has 0 radical (unpaired) electrons. The standard InChI is InChI=1S/C25H29N3O3S/c1-18(29)24(30)27-25-26-21(17-32-25)16-28-14-12-22(13-15-28)31-23(19-8-4-2-5-9-19)20-10-6-3-7-11-20/h2-11,17-18,22-23,29H,12-16H2,1H3,(H,26,27,30). The first-order chi connectivity index (χ1) is 15.6. The van der Waals surface area contributed by atoms with Gasteiger partial charge >= 0.3 is 0 Å². The summed E-state index contributed by atoms with van der Waals surface area (Å²) in [6.07, 6.45) is 1.02. The van der Waals surface area contributed by atoms with Crippen molar-refractivity contribution in [2.45, 2.75) is 44.6 Å². The lowest BCUT2D eigenvalue weighted by atomic mass is 10.00. The minimum absolute atomic E-state index is 0.0624. The molecule has 7 heteroatoms. The minimum Gasteiger partial charge on any atom is -0.384 e. The lowest BCUT2D eigenvalue weighted by Gasteiger charge is -2.34. The number of likely N-dealkylation sites (tertiary alicyclic amines) is 1. The van der Waals surface area contributed by atoms with Gasteiger partial charge in [-0.25, -0.2) is 4.98 Å². The van der Waals surface area contributed by atoms with Crippen LogP contribution in [0, 0.1) is 0 Å². The second kappa shape index (κ2) is 10.8. The first-order valence-corrected chi connectivity index (χ1v) is 11.9. The van der Waals surface area contributed by atoms with Crippen LogP contribution in [0.1, 0.15) is 42.7 Å². The Balaban J connectivity index is 1.32. The van der Waals surface area contributed by atoms with Crippen molar-refractivity contribution in [3.05, 3.63) is 82.9 Å². The summed E-state index contributed by atoms with van der Waals surface area (Å²) in [6.45, 7) is 4.06. The van der Waals surface area contributed by atoms with Gasteiger partial charge in [0.1, 0.15) is 12.2 Å². The Labute approximate surface area is 192 Å². The van der Waals surface area contributed by atoms with E-state index in [4.69, 9.17) is 4.74 Å². The SMILES string of the molecule is CC(O)C(=O)Nc1nc(CN2CCC(OC(c3ccccc3)c3ccccc3)CC2)cs1. The molecular formula is C25H29N3O3S. The zero-order valence-electron chi connectivity index (χ0n) is 18.2. The largest absolute Gasteiger partial charge is 0.384 e. The Hall–Kier alpha value is -2.58. The second-order valence-corrected chi connectivity index (χ2v) is 8.98. The quantitative estimate of drug-likeness (QED) is 0.536. The van der Waals surface area contributed by atoms with Crippen LogP contribution in [0.25, 0.3) is 0 Å². The Morgan fingerprint density at radius 2 is 1.72 bits per heavy atom. The molecule has 1 amide bonds. The number of hydrogen-bond donors (Lipinski definition) is 2. The minimum atomic E-state index is -1.04. The highest BCUT2D eigenvalue weighted by Crippen LogP contribution is 2.30. The van der Waals surface area contributed by atoms with E-state index in [9.17, 15) is 9.90 Å². The number of carbonyl (C=O) groups excluding carboxylic acids is 1. The van der Waals surface area contributed by atoms with Gasteiger partial charge in [0, 0.05) is 25.0 Å². The van der Waals surface area contributed by atoms with Crippen molar-refractivity contribution in [1.82, 2.24) is 9.88 Å². The van der Waals surface area contributed by atoms with Gasteiger partial charge in [-0.2, -0.15) is 0 Å². The molecule has 1 aliphatic rings. The number of rotatable bonds is 8. The van der Waals surface area contributed by atoms with E-state index in [-0.39, 0.29) is 12.2 Å². The molecule has 1 saturated heterocycles. The number of anilines is 1. The van der Waals surface area contributed by atoms with Gasteiger partial charge < -0.3 is 9.84 Å². The number of amides is 1. The number of piperidine rings is 1. The third-order valence-corrected chi connectivity index (χ3v) is 6.42. The summed E-state index contributed by atoms with van der Waals surface area (Å²) in [5.74, 6) is -0.435. The summed E-state index contributed by atoms with van der Waals surface area (Å²) in [6, 6.07) is 20.8. The molecule has 2 aromatic carbocycles. The normalized spacial score (nSPS) is 16.2. The van der Waals surface area contributed by atoms with E-state index in [0.29, 0.717) is 5.13 Å². The van der Waals surface area contributed by atoms with Gasteiger partial charge in [0.05, 0.1) is 11.8 Å². The summed E-state index contributed by atoms with van der Waals surface area (Å²) >= 11 is 1.38. The van der Waals surface area contributed by atoms with Crippen molar-refractivity contribution >= 4 is 22.4 Å². The molecule has 1 aliphatic heterocycles. The lowest BCUT2D eigenvalue weighted by Crippen LogP contribution is -2.37. The van der Waals surface area contributed by atoms with Crippen molar-refractivity contribution in [3.8, 4) is 0 Å². The number of aliphatic hydroxyl groups is 1. The Morgan fingerprint density at radius 3 is 2.28 bits per heavy atom. The molecule has 1 fully saturated rings. The fourth-order valence-corrected chi connectivity index (χ4v) is 4.58.